The third-order valence-corrected chi connectivity index (χ3v) is 3.07. The average Bonchev–Trinajstić information content (AvgIpc) is 2.66. The van der Waals surface area contributed by atoms with Gasteiger partial charge in [-0.25, -0.2) is 4.98 Å². The van der Waals surface area contributed by atoms with Crippen LogP contribution in [0.5, 0.6) is 0 Å². The summed E-state index contributed by atoms with van der Waals surface area (Å²) in [6, 6.07) is 6.22. The Balaban J connectivity index is 2.41. The number of benzene rings is 1. The molecular weight excluding hydrogens is 220 g/mol. The van der Waals surface area contributed by atoms with E-state index in [9.17, 15) is 0 Å². The van der Waals surface area contributed by atoms with Gasteiger partial charge in [0.1, 0.15) is 5.52 Å². The zero-order valence-electron chi connectivity index (χ0n) is 8.98. The van der Waals surface area contributed by atoms with Crippen molar-refractivity contribution >= 4 is 33.8 Å². The number of hydrogen-bond acceptors (Lipinski definition) is 4. The standard InChI is InChI=1S/C11H10N4S/c1-6-3-4-8-7(5-6)9-10(12-8)13-11(16-2)15-14-9/h3-5H,1-2H3,(H,12,13,15). The molecule has 0 aliphatic heterocycles. The Bertz CT molecular complexity index is 674. The van der Waals surface area contributed by atoms with Crippen molar-refractivity contribution in [1.29, 1.82) is 0 Å². The number of fused-ring (bicyclic) bond motifs is 3. The number of H-pyrrole nitrogens is 1. The Morgan fingerprint density at radius 2 is 2.12 bits per heavy atom. The summed E-state index contributed by atoms with van der Waals surface area (Å²) in [6.07, 6.45) is 1.94. The number of aromatic amines is 1. The van der Waals surface area contributed by atoms with E-state index < -0.39 is 0 Å². The third-order valence-electron chi connectivity index (χ3n) is 2.53. The molecule has 0 amide bonds. The van der Waals surface area contributed by atoms with Crippen LogP contribution in [-0.4, -0.2) is 26.4 Å². The van der Waals surface area contributed by atoms with Gasteiger partial charge in [0.2, 0.25) is 5.16 Å². The van der Waals surface area contributed by atoms with Gasteiger partial charge in [-0.15, -0.1) is 10.2 Å². The first-order chi connectivity index (χ1) is 7.78. The summed E-state index contributed by atoms with van der Waals surface area (Å²) in [5.41, 5.74) is 3.92. The van der Waals surface area contributed by atoms with Gasteiger partial charge in [0, 0.05) is 10.9 Å². The lowest BCUT2D eigenvalue weighted by Gasteiger charge is -1.93. The van der Waals surface area contributed by atoms with Crippen LogP contribution < -0.4 is 0 Å². The first-order valence-corrected chi connectivity index (χ1v) is 6.17. The molecule has 80 valence electrons. The average molecular weight is 230 g/mol. The molecule has 0 fully saturated rings. The molecule has 16 heavy (non-hydrogen) atoms. The maximum Gasteiger partial charge on any atom is 0.210 e. The number of thioether (sulfide) groups is 1. The van der Waals surface area contributed by atoms with Gasteiger partial charge in [-0.1, -0.05) is 23.4 Å². The van der Waals surface area contributed by atoms with Gasteiger partial charge >= 0.3 is 0 Å². The summed E-state index contributed by atoms with van der Waals surface area (Å²) in [5, 5.41) is 10.1. The molecule has 3 aromatic rings. The minimum absolute atomic E-state index is 0.691. The first kappa shape index (κ1) is 9.59. The van der Waals surface area contributed by atoms with Crippen molar-refractivity contribution in [3.63, 3.8) is 0 Å². The van der Waals surface area contributed by atoms with Gasteiger partial charge in [0.15, 0.2) is 5.65 Å². The van der Waals surface area contributed by atoms with Gasteiger partial charge in [-0.2, -0.15) is 0 Å². The van der Waals surface area contributed by atoms with Gasteiger partial charge in [-0.05, 0) is 25.3 Å². The van der Waals surface area contributed by atoms with Crippen LogP contribution in [0.2, 0.25) is 0 Å². The molecule has 1 N–H and O–H groups in total. The minimum Gasteiger partial charge on any atom is -0.338 e. The van der Waals surface area contributed by atoms with Crippen LogP contribution in [0.15, 0.2) is 23.4 Å². The van der Waals surface area contributed by atoms with E-state index in [1.165, 1.54) is 17.3 Å². The van der Waals surface area contributed by atoms with Crippen LogP contribution in [0.4, 0.5) is 0 Å². The van der Waals surface area contributed by atoms with Crippen LogP contribution in [0, 0.1) is 6.92 Å². The van der Waals surface area contributed by atoms with Crippen LogP contribution in [0.25, 0.3) is 22.1 Å². The summed E-state index contributed by atoms with van der Waals surface area (Å²) >= 11 is 1.49. The highest BCUT2D eigenvalue weighted by molar-refractivity contribution is 7.98. The van der Waals surface area contributed by atoms with Crippen LogP contribution >= 0.6 is 11.8 Å². The third kappa shape index (κ3) is 1.36. The lowest BCUT2D eigenvalue weighted by Crippen LogP contribution is -1.89. The fourth-order valence-corrected chi connectivity index (χ4v) is 2.06. The van der Waals surface area contributed by atoms with E-state index in [1.807, 2.05) is 12.3 Å². The molecule has 0 spiro atoms. The molecule has 5 heteroatoms. The summed E-state index contributed by atoms with van der Waals surface area (Å²) in [7, 11) is 0. The Morgan fingerprint density at radius 3 is 2.94 bits per heavy atom. The van der Waals surface area contributed by atoms with E-state index in [2.05, 4.69) is 39.2 Å². The lowest BCUT2D eigenvalue weighted by molar-refractivity contribution is 0.880. The quantitative estimate of drug-likeness (QED) is 0.653. The molecule has 0 saturated carbocycles. The molecule has 0 saturated heterocycles. The fraction of sp³-hybridized carbons (Fsp3) is 0.182. The Hall–Kier alpha value is -1.62. The summed E-state index contributed by atoms with van der Waals surface area (Å²) in [5.74, 6) is 0. The molecule has 0 bridgehead atoms. The predicted molar refractivity (Wildman–Crippen MR) is 65.7 cm³/mol. The second-order valence-corrected chi connectivity index (χ2v) is 4.44. The van der Waals surface area contributed by atoms with Crippen molar-refractivity contribution < 1.29 is 0 Å². The largest absolute Gasteiger partial charge is 0.338 e. The van der Waals surface area contributed by atoms with Crippen LogP contribution in [-0.2, 0) is 0 Å². The Morgan fingerprint density at radius 1 is 1.25 bits per heavy atom. The van der Waals surface area contributed by atoms with Crippen molar-refractivity contribution in [2.75, 3.05) is 6.26 Å². The van der Waals surface area contributed by atoms with Crippen molar-refractivity contribution in [3.05, 3.63) is 23.8 Å². The molecular formula is C11H10N4S. The Kier molecular flexibility index (Phi) is 2.07. The fourth-order valence-electron chi connectivity index (χ4n) is 1.76. The number of rotatable bonds is 1. The second-order valence-electron chi connectivity index (χ2n) is 3.67. The van der Waals surface area contributed by atoms with Gasteiger partial charge in [0.05, 0.1) is 0 Å². The molecule has 2 aromatic heterocycles. The van der Waals surface area contributed by atoms with E-state index >= 15 is 0 Å². The molecule has 4 nitrogen and oxygen atoms in total. The maximum absolute atomic E-state index is 4.39. The van der Waals surface area contributed by atoms with E-state index in [1.54, 1.807) is 0 Å². The highest BCUT2D eigenvalue weighted by Crippen LogP contribution is 2.23. The van der Waals surface area contributed by atoms with Gasteiger partial charge in [0.25, 0.3) is 0 Å². The van der Waals surface area contributed by atoms with E-state index in [-0.39, 0.29) is 0 Å². The summed E-state index contributed by atoms with van der Waals surface area (Å²) in [4.78, 5) is 7.65. The SMILES string of the molecule is CSc1nnc2c(n1)[nH]c1ccc(C)cc12. The van der Waals surface area contributed by atoms with Crippen LogP contribution in [0.1, 0.15) is 5.56 Å². The monoisotopic (exact) mass is 230 g/mol. The first-order valence-electron chi connectivity index (χ1n) is 4.94. The normalized spacial score (nSPS) is 11.4. The molecule has 0 aliphatic rings. The summed E-state index contributed by atoms with van der Waals surface area (Å²) in [6.45, 7) is 2.06. The topological polar surface area (TPSA) is 54.5 Å². The highest BCUT2D eigenvalue weighted by Gasteiger charge is 2.08. The number of nitrogens with one attached hydrogen (secondary N) is 1. The molecule has 2 heterocycles. The second kappa shape index (κ2) is 3.45. The molecule has 1 aromatic carbocycles. The minimum atomic E-state index is 0.691. The predicted octanol–water partition coefficient (Wildman–Crippen LogP) is 2.54. The van der Waals surface area contributed by atoms with Crippen molar-refractivity contribution in [2.45, 2.75) is 12.1 Å². The zero-order chi connectivity index (χ0) is 11.1. The van der Waals surface area contributed by atoms with Gasteiger partial charge < -0.3 is 4.98 Å². The van der Waals surface area contributed by atoms with Crippen molar-refractivity contribution in [1.82, 2.24) is 20.2 Å². The number of nitrogens with zero attached hydrogens (tertiary/aromatic N) is 3. The maximum atomic E-state index is 4.39. The zero-order valence-corrected chi connectivity index (χ0v) is 9.80. The van der Waals surface area contributed by atoms with Crippen LogP contribution in [0.3, 0.4) is 0 Å². The molecule has 0 atom stereocenters. The van der Waals surface area contributed by atoms with Crippen molar-refractivity contribution in [2.24, 2.45) is 0 Å². The number of aromatic nitrogens is 4. The van der Waals surface area contributed by atoms with E-state index in [4.69, 9.17) is 0 Å². The number of hydrogen-bond donors (Lipinski definition) is 1. The van der Waals surface area contributed by atoms with E-state index in [0.29, 0.717) is 5.16 Å². The van der Waals surface area contributed by atoms with Gasteiger partial charge in [-0.3, -0.25) is 0 Å². The Labute approximate surface area is 96.5 Å². The lowest BCUT2D eigenvalue weighted by atomic mass is 10.2. The summed E-state index contributed by atoms with van der Waals surface area (Å²) < 4.78 is 0. The molecule has 0 unspecified atom stereocenters. The molecule has 0 aliphatic carbocycles. The van der Waals surface area contributed by atoms with Crippen molar-refractivity contribution in [3.8, 4) is 0 Å². The smallest absolute Gasteiger partial charge is 0.210 e. The number of aryl methyl sites for hydroxylation is 1. The van der Waals surface area contributed by atoms with E-state index in [0.717, 1.165) is 22.1 Å². The molecule has 0 radical (unpaired) electrons. The molecule has 3 rings (SSSR count). The highest BCUT2D eigenvalue weighted by atomic mass is 32.2.